The van der Waals surface area contributed by atoms with Gasteiger partial charge in [0.15, 0.2) is 8.32 Å². The van der Waals surface area contributed by atoms with E-state index < -0.39 is 8.32 Å². The third kappa shape index (κ3) is 8.91. The van der Waals surface area contributed by atoms with Gasteiger partial charge in [0.2, 0.25) is 0 Å². The van der Waals surface area contributed by atoms with Crippen molar-refractivity contribution in [3.8, 4) is 0 Å². The Morgan fingerprint density at radius 3 is 2.00 bits per heavy atom. The van der Waals surface area contributed by atoms with E-state index in [1.807, 2.05) is 0 Å². The highest BCUT2D eigenvalue weighted by atomic mass is 28.4. The van der Waals surface area contributed by atoms with Crippen LogP contribution < -0.4 is 0 Å². The van der Waals surface area contributed by atoms with Crippen molar-refractivity contribution in [2.75, 3.05) is 6.61 Å². The minimum atomic E-state index is -1.58. The van der Waals surface area contributed by atoms with Crippen LogP contribution in [0, 0.1) is 0 Å². The molecule has 0 radical (unpaired) electrons. The van der Waals surface area contributed by atoms with E-state index in [-0.39, 0.29) is 0 Å². The van der Waals surface area contributed by atoms with Crippen LogP contribution in [-0.2, 0) is 9.22 Å². The lowest BCUT2D eigenvalue weighted by molar-refractivity contribution is -0.119. The van der Waals surface area contributed by atoms with E-state index in [1.165, 1.54) is 12.8 Å². The van der Waals surface area contributed by atoms with Crippen LogP contribution in [0.4, 0.5) is 0 Å². The predicted octanol–water partition coefficient (Wildman–Crippen LogP) is 5.72. The van der Waals surface area contributed by atoms with Gasteiger partial charge in [0.1, 0.15) is 5.78 Å². The molecule has 20 heavy (non-hydrogen) atoms. The number of Topliss-reactive ketones (excluding diaryl/α,β-unsaturated/α-hetero) is 1. The molecule has 0 fully saturated rings. The third-order valence-corrected chi connectivity index (χ3v) is 8.97. The molecule has 0 aromatic heterocycles. The smallest absolute Gasteiger partial charge is 0.191 e. The third-order valence-electron chi connectivity index (χ3n) is 4.43. The van der Waals surface area contributed by atoms with E-state index in [4.69, 9.17) is 4.43 Å². The number of hydrogen-bond acceptors (Lipinski definition) is 2. The Kier molecular flexibility index (Phi) is 9.65. The topological polar surface area (TPSA) is 26.3 Å². The molecule has 0 aliphatic carbocycles. The molecular formula is C17H36O2Si. The minimum absolute atomic E-state index is 0.294. The summed E-state index contributed by atoms with van der Waals surface area (Å²) in [6.07, 6.45) is 8.25. The molecule has 0 aromatic rings. The van der Waals surface area contributed by atoms with E-state index >= 15 is 0 Å². The Morgan fingerprint density at radius 2 is 1.50 bits per heavy atom. The summed E-state index contributed by atoms with van der Waals surface area (Å²) >= 11 is 0. The molecule has 0 bridgehead atoms. The van der Waals surface area contributed by atoms with Gasteiger partial charge in [-0.05, 0) is 37.4 Å². The standard InChI is InChI=1S/C17H36O2Si/c1-7-8-10-13-16(18)14-11-9-12-15-19-20(5,6)17(2,3)4/h7-15H2,1-6H3. The van der Waals surface area contributed by atoms with Crippen molar-refractivity contribution in [1.82, 2.24) is 0 Å². The van der Waals surface area contributed by atoms with Gasteiger partial charge >= 0.3 is 0 Å². The molecule has 0 aliphatic rings. The zero-order chi connectivity index (χ0) is 15.6. The van der Waals surface area contributed by atoms with Gasteiger partial charge in [-0.25, -0.2) is 0 Å². The summed E-state index contributed by atoms with van der Waals surface area (Å²) in [7, 11) is -1.58. The highest BCUT2D eigenvalue weighted by Gasteiger charge is 2.36. The lowest BCUT2D eigenvalue weighted by atomic mass is 10.1. The second-order valence-electron chi connectivity index (χ2n) is 7.42. The van der Waals surface area contributed by atoms with Gasteiger partial charge in [0, 0.05) is 19.4 Å². The Hall–Kier alpha value is -0.153. The lowest BCUT2D eigenvalue weighted by Gasteiger charge is -2.36. The van der Waals surface area contributed by atoms with Crippen LogP contribution in [0.2, 0.25) is 18.1 Å². The van der Waals surface area contributed by atoms with E-state index in [0.29, 0.717) is 10.8 Å². The Bertz CT molecular complexity index is 267. The highest BCUT2D eigenvalue weighted by molar-refractivity contribution is 6.74. The molecule has 0 aliphatic heterocycles. The quantitative estimate of drug-likeness (QED) is 0.360. The first-order valence-electron chi connectivity index (χ1n) is 8.36. The first-order valence-corrected chi connectivity index (χ1v) is 11.3. The first kappa shape index (κ1) is 19.8. The van der Waals surface area contributed by atoms with Gasteiger partial charge in [-0.1, -0.05) is 47.0 Å². The van der Waals surface area contributed by atoms with Crippen molar-refractivity contribution in [2.45, 2.75) is 97.2 Å². The molecule has 0 atom stereocenters. The van der Waals surface area contributed by atoms with Crippen molar-refractivity contribution in [3.63, 3.8) is 0 Å². The number of unbranched alkanes of at least 4 members (excludes halogenated alkanes) is 4. The van der Waals surface area contributed by atoms with Gasteiger partial charge in [0.05, 0.1) is 0 Å². The van der Waals surface area contributed by atoms with Gasteiger partial charge in [-0.2, -0.15) is 0 Å². The van der Waals surface area contributed by atoms with Gasteiger partial charge in [-0.15, -0.1) is 0 Å². The fourth-order valence-electron chi connectivity index (χ4n) is 1.84. The van der Waals surface area contributed by atoms with Crippen molar-refractivity contribution >= 4 is 14.1 Å². The highest BCUT2D eigenvalue weighted by Crippen LogP contribution is 2.36. The van der Waals surface area contributed by atoms with Crippen molar-refractivity contribution in [2.24, 2.45) is 0 Å². The average Bonchev–Trinajstić information content (AvgIpc) is 2.32. The van der Waals surface area contributed by atoms with Crippen LogP contribution in [0.25, 0.3) is 0 Å². The van der Waals surface area contributed by atoms with E-state index in [0.717, 1.165) is 45.1 Å². The van der Waals surface area contributed by atoms with Crippen LogP contribution in [0.3, 0.4) is 0 Å². The molecule has 120 valence electrons. The molecule has 3 heteroatoms. The minimum Gasteiger partial charge on any atom is -0.417 e. The van der Waals surface area contributed by atoms with Crippen LogP contribution in [-0.4, -0.2) is 20.7 Å². The van der Waals surface area contributed by atoms with Gasteiger partial charge < -0.3 is 4.43 Å². The molecule has 0 amide bonds. The first-order chi connectivity index (χ1) is 9.20. The lowest BCUT2D eigenvalue weighted by Crippen LogP contribution is -2.40. The largest absolute Gasteiger partial charge is 0.417 e. The summed E-state index contributed by atoms with van der Waals surface area (Å²) in [6.45, 7) is 14.4. The number of carbonyl (C=O) groups excluding carboxylic acids is 1. The Morgan fingerprint density at radius 1 is 0.950 bits per heavy atom. The number of hydrogen-bond donors (Lipinski definition) is 0. The van der Waals surface area contributed by atoms with Crippen molar-refractivity contribution in [1.29, 1.82) is 0 Å². The van der Waals surface area contributed by atoms with Crippen LogP contribution in [0.5, 0.6) is 0 Å². The molecule has 0 spiro atoms. The summed E-state index contributed by atoms with van der Waals surface area (Å²) in [4.78, 5) is 11.6. The number of rotatable bonds is 11. The Labute approximate surface area is 127 Å². The maximum Gasteiger partial charge on any atom is 0.191 e. The summed E-state index contributed by atoms with van der Waals surface area (Å²) in [5.74, 6) is 0.448. The number of carbonyl (C=O) groups is 1. The zero-order valence-corrected chi connectivity index (χ0v) is 15.7. The molecule has 0 heterocycles. The van der Waals surface area contributed by atoms with Crippen LogP contribution in [0.1, 0.15) is 79.1 Å². The summed E-state index contributed by atoms with van der Waals surface area (Å²) in [6, 6.07) is 0. The Balaban J connectivity index is 3.56. The van der Waals surface area contributed by atoms with Crippen molar-refractivity contribution in [3.05, 3.63) is 0 Å². The molecule has 0 saturated carbocycles. The van der Waals surface area contributed by atoms with Crippen LogP contribution >= 0.6 is 0 Å². The molecule has 0 unspecified atom stereocenters. The molecule has 0 saturated heterocycles. The number of ketones is 1. The van der Waals surface area contributed by atoms with Gasteiger partial charge in [-0.3, -0.25) is 4.79 Å². The SMILES string of the molecule is CCCCCC(=O)CCCCCO[Si](C)(C)C(C)(C)C. The fraction of sp³-hybridized carbons (Fsp3) is 0.941. The second-order valence-corrected chi connectivity index (χ2v) is 12.2. The molecule has 2 nitrogen and oxygen atoms in total. The second kappa shape index (κ2) is 9.72. The maximum absolute atomic E-state index is 11.6. The zero-order valence-electron chi connectivity index (χ0n) is 14.7. The maximum atomic E-state index is 11.6. The van der Waals surface area contributed by atoms with Crippen LogP contribution in [0.15, 0.2) is 0 Å². The van der Waals surface area contributed by atoms with Crippen molar-refractivity contribution < 1.29 is 9.22 Å². The molecule has 0 rings (SSSR count). The molecule has 0 aromatic carbocycles. The summed E-state index contributed by atoms with van der Waals surface area (Å²) in [5.41, 5.74) is 0. The monoisotopic (exact) mass is 300 g/mol. The van der Waals surface area contributed by atoms with E-state index in [1.54, 1.807) is 0 Å². The average molecular weight is 301 g/mol. The summed E-state index contributed by atoms with van der Waals surface area (Å²) < 4.78 is 6.13. The molecule has 0 N–H and O–H groups in total. The van der Waals surface area contributed by atoms with Gasteiger partial charge in [0.25, 0.3) is 0 Å². The normalized spacial score (nSPS) is 12.7. The van der Waals surface area contributed by atoms with E-state index in [9.17, 15) is 4.79 Å². The predicted molar refractivity (Wildman–Crippen MR) is 90.8 cm³/mol. The molecular weight excluding hydrogens is 264 g/mol. The summed E-state index contributed by atoms with van der Waals surface area (Å²) in [5, 5.41) is 0.294. The van der Waals surface area contributed by atoms with E-state index in [2.05, 4.69) is 40.8 Å². The fourth-order valence-corrected chi connectivity index (χ4v) is 2.93.